The molecule has 0 aliphatic carbocycles. The maximum atomic E-state index is 5.68. The summed E-state index contributed by atoms with van der Waals surface area (Å²) in [6.07, 6.45) is 0.785. The average molecular weight is 260 g/mol. The topological polar surface area (TPSA) is 60.4 Å². The van der Waals surface area contributed by atoms with Gasteiger partial charge in [-0.2, -0.15) is 0 Å². The molecule has 4 heteroatoms. The lowest BCUT2D eigenvalue weighted by Gasteiger charge is -2.15. The summed E-state index contributed by atoms with van der Waals surface area (Å²) in [6, 6.07) is 10.1. The minimum absolute atomic E-state index is 0.0320. The van der Waals surface area contributed by atoms with Crippen LogP contribution in [0.3, 0.4) is 0 Å². The maximum absolute atomic E-state index is 5.68. The number of hydrogen-bond donors (Lipinski definition) is 2. The van der Waals surface area contributed by atoms with E-state index in [-0.39, 0.29) is 6.04 Å². The Kier molecular flexibility index (Phi) is 4.24. The van der Waals surface area contributed by atoms with Crippen molar-refractivity contribution in [2.75, 3.05) is 7.11 Å². The van der Waals surface area contributed by atoms with E-state index in [1.54, 1.807) is 7.11 Å². The minimum Gasteiger partial charge on any atom is -0.497 e. The number of benzene rings is 1. The number of rotatable bonds is 5. The molecule has 1 heterocycles. The fraction of sp³-hybridized carbons (Fsp3) is 0.333. The molecule has 0 bridgehead atoms. The number of ether oxygens (including phenoxy) is 1. The van der Waals surface area contributed by atoms with Crippen LogP contribution in [-0.4, -0.2) is 7.11 Å². The van der Waals surface area contributed by atoms with Crippen LogP contribution in [0.5, 0.6) is 5.75 Å². The van der Waals surface area contributed by atoms with Crippen LogP contribution in [0.1, 0.15) is 28.7 Å². The van der Waals surface area contributed by atoms with Gasteiger partial charge in [-0.15, -0.1) is 0 Å². The van der Waals surface area contributed by atoms with E-state index in [2.05, 4.69) is 11.5 Å². The largest absolute Gasteiger partial charge is 0.497 e. The van der Waals surface area contributed by atoms with E-state index in [9.17, 15) is 0 Å². The number of nitrogens with one attached hydrogen (secondary N) is 1. The molecule has 0 amide bonds. The average Bonchev–Trinajstić information content (AvgIpc) is 2.75. The number of hydrogen-bond acceptors (Lipinski definition) is 4. The van der Waals surface area contributed by atoms with Crippen LogP contribution in [0.25, 0.3) is 0 Å². The lowest BCUT2D eigenvalue weighted by molar-refractivity contribution is 0.413. The van der Waals surface area contributed by atoms with E-state index in [1.165, 1.54) is 5.56 Å². The smallest absolute Gasteiger partial charge is 0.119 e. The van der Waals surface area contributed by atoms with E-state index >= 15 is 0 Å². The van der Waals surface area contributed by atoms with Crippen LogP contribution in [0.15, 0.2) is 34.7 Å². The van der Waals surface area contributed by atoms with Crippen LogP contribution in [0.2, 0.25) is 0 Å². The summed E-state index contributed by atoms with van der Waals surface area (Å²) in [5.74, 6) is 8.34. The first-order valence-corrected chi connectivity index (χ1v) is 6.30. The van der Waals surface area contributed by atoms with Crippen molar-refractivity contribution in [3.8, 4) is 5.75 Å². The lowest BCUT2D eigenvalue weighted by Crippen LogP contribution is -2.29. The third-order valence-corrected chi connectivity index (χ3v) is 3.23. The van der Waals surface area contributed by atoms with Crippen molar-refractivity contribution in [3.63, 3.8) is 0 Å². The monoisotopic (exact) mass is 260 g/mol. The van der Waals surface area contributed by atoms with Crippen LogP contribution < -0.4 is 16.0 Å². The summed E-state index contributed by atoms with van der Waals surface area (Å²) in [7, 11) is 1.67. The van der Waals surface area contributed by atoms with Gasteiger partial charge in [0.25, 0.3) is 0 Å². The van der Waals surface area contributed by atoms with Crippen molar-refractivity contribution in [1.29, 1.82) is 0 Å². The van der Waals surface area contributed by atoms with Crippen LogP contribution in [0.4, 0.5) is 0 Å². The molecule has 0 radical (unpaired) electrons. The quantitative estimate of drug-likeness (QED) is 0.641. The zero-order valence-electron chi connectivity index (χ0n) is 11.6. The van der Waals surface area contributed by atoms with Gasteiger partial charge in [-0.05, 0) is 44.0 Å². The Morgan fingerprint density at radius 1 is 1.32 bits per heavy atom. The third-order valence-electron chi connectivity index (χ3n) is 3.23. The summed E-state index contributed by atoms with van der Waals surface area (Å²) < 4.78 is 10.8. The van der Waals surface area contributed by atoms with E-state index in [1.807, 2.05) is 38.1 Å². The Hall–Kier alpha value is -1.78. The molecule has 102 valence electrons. The molecular formula is C15H20N2O2. The Morgan fingerprint density at radius 2 is 2.11 bits per heavy atom. The SMILES string of the molecule is COc1cccc(CC(NN)c2cc(C)oc2C)c1. The molecule has 0 saturated heterocycles. The lowest BCUT2D eigenvalue weighted by atomic mass is 9.99. The number of aryl methyl sites for hydroxylation is 2. The highest BCUT2D eigenvalue weighted by Crippen LogP contribution is 2.25. The van der Waals surface area contributed by atoms with Gasteiger partial charge in [0.1, 0.15) is 17.3 Å². The second-order valence-electron chi connectivity index (χ2n) is 4.64. The van der Waals surface area contributed by atoms with Gasteiger partial charge >= 0.3 is 0 Å². The molecule has 4 nitrogen and oxygen atoms in total. The first kappa shape index (κ1) is 13.6. The first-order chi connectivity index (χ1) is 9.13. The third kappa shape index (κ3) is 3.16. The second-order valence-corrected chi connectivity index (χ2v) is 4.64. The number of nitrogens with two attached hydrogens (primary N) is 1. The molecule has 1 aromatic carbocycles. The molecule has 1 atom stereocenters. The molecule has 0 aliphatic heterocycles. The first-order valence-electron chi connectivity index (χ1n) is 6.30. The molecule has 2 aromatic rings. The molecule has 1 unspecified atom stereocenters. The zero-order valence-corrected chi connectivity index (χ0v) is 11.6. The molecule has 3 N–H and O–H groups in total. The van der Waals surface area contributed by atoms with Gasteiger partial charge in [0.2, 0.25) is 0 Å². The van der Waals surface area contributed by atoms with Crippen LogP contribution in [0, 0.1) is 13.8 Å². The van der Waals surface area contributed by atoms with E-state index in [0.717, 1.165) is 29.3 Å². The summed E-state index contributed by atoms with van der Waals surface area (Å²) in [6.45, 7) is 3.90. The Bertz CT molecular complexity index is 549. The highest BCUT2D eigenvalue weighted by atomic mass is 16.5. The molecule has 0 aliphatic rings. The second kappa shape index (κ2) is 5.91. The van der Waals surface area contributed by atoms with Gasteiger partial charge in [-0.1, -0.05) is 12.1 Å². The molecule has 0 saturated carbocycles. The van der Waals surface area contributed by atoms with Crippen LogP contribution in [-0.2, 0) is 6.42 Å². The molecule has 0 fully saturated rings. The van der Waals surface area contributed by atoms with Crippen molar-refractivity contribution >= 4 is 0 Å². The minimum atomic E-state index is 0.0320. The van der Waals surface area contributed by atoms with Crippen molar-refractivity contribution in [1.82, 2.24) is 5.43 Å². The maximum Gasteiger partial charge on any atom is 0.119 e. The Balaban J connectivity index is 2.21. The van der Waals surface area contributed by atoms with Gasteiger partial charge < -0.3 is 9.15 Å². The van der Waals surface area contributed by atoms with Crippen molar-refractivity contribution in [3.05, 3.63) is 53.0 Å². The van der Waals surface area contributed by atoms with E-state index < -0.39 is 0 Å². The fourth-order valence-electron chi connectivity index (χ4n) is 2.29. The molecule has 1 aromatic heterocycles. The summed E-state index contributed by atoms with van der Waals surface area (Å²) in [5.41, 5.74) is 5.12. The Morgan fingerprint density at radius 3 is 2.68 bits per heavy atom. The normalized spacial score (nSPS) is 12.4. The van der Waals surface area contributed by atoms with Crippen molar-refractivity contribution < 1.29 is 9.15 Å². The summed E-state index contributed by atoms with van der Waals surface area (Å²) in [5, 5.41) is 0. The zero-order chi connectivity index (χ0) is 13.8. The van der Waals surface area contributed by atoms with Crippen molar-refractivity contribution in [2.45, 2.75) is 26.3 Å². The predicted octanol–water partition coefficient (Wildman–Crippen LogP) is 2.65. The number of methoxy groups -OCH3 is 1. The summed E-state index contributed by atoms with van der Waals surface area (Å²) in [4.78, 5) is 0. The van der Waals surface area contributed by atoms with Gasteiger partial charge in [0, 0.05) is 5.56 Å². The number of hydrazine groups is 1. The van der Waals surface area contributed by atoms with Gasteiger partial charge in [-0.3, -0.25) is 11.3 Å². The standard InChI is InChI=1S/C15H20N2O2/c1-10-7-14(11(2)19-10)15(17-16)9-12-5-4-6-13(8-12)18-3/h4-8,15,17H,9,16H2,1-3H3. The fourth-order valence-corrected chi connectivity index (χ4v) is 2.29. The van der Waals surface area contributed by atoms with Crippen molar-refractivity contribution in [2.24, 2.45) is 5.84 Å². The van der Waals surface area contributed by atoms with Gasteiger partial charge in [0.05, 0.1) is 13.2 Å². The number of furan rings is 1. The van der Waals surface area contributed by atoms with E-state index in [0.29, 0.717) is 0 Å². The Labute approximate surface area is 113 Å². The summed E-state index contributed by atoms with van der Waals surface area (Å²) >= 11 is 0. The molecule has 19 heavy (non-hydrogen) atoms. The molecular weight excluding hydrogens is 240 g/mol. The molecule has 0 spiro atoms. The molecule has 2 rings (SSSR count). The predicted molar refractivity (Wildman–Crippen MR) is 74.9 cm³/mol. The van der Waals surface area contributed by atoms with Gasteiger partial charge in [0.15, 0.2) is 0 Å². The van der Waals surface area contributed by atoms with E-state index in [4.69, 9.17) is 15.0 Å². The van der Waals surface area contributed by atoms with Crippen LogP contribution >= 0.6 is 0 Å². The van der Waals surface area contributed by atoms with Gasteiger partial charge in [-0.25, -0.2) is 0 Å². The highest BCUT2D eigenvalue weighted by molar-refractivity contribution is 5.31. The highest BCUT2D eigenvalue weighted by Gasteiger charge is 2.16.